The second-order valence-corrected chi connectivity index (χ2v) is 6.49. The second kappa shape index (κ2) is 7.62. The molecule has 0 saturated heterocycles. The monoisotopic (exact) mass is 413 g/mol. The summed E-state index contributed by atoms with van der Waals surface area (Å²) in [6, 6.07) is 15.6. The lowest BCUT2D eigenvalue weighted by Gasteiger charge is -2.11. The first kappa shape index (κ1) is 19.6. The van der Waals surface area contributed by atoms with E-state index >= 15 is 0 Å². The molecule has 3 aromatic rings. The predicted octanol–water partition coefficient (Wildman–Crippen LogP) is 5.80. The van der Waals surface area contributed by atoms with Crippen LogP contribution in [0.2, 0.25) is 0 Å². The highest BCUT2D eigenvalue weighted by molar-refractivity contribution is 6.19. The van der Waals surface area contributed by atoms with Gasteiger partial charge in [-0.1, -0.05) is 12.1 Å². The number of halogens is 4. The summed E-state index contributed by atoms with van der Waals surface area (Å²) >= 11 is 0. The van der Waals surface area contributed by atoms with Crippen molar-refractivity contribution in [1.29, 1.82) is 0 Å². The molecule has 3 aromatic carbocycles. The molecule has 1 aliphatic rings. The number of amidine groups is 2. The molecule has 1 aliphatic heterocycles. The van der Waals surface area contributed by atoms with Gasteiger partial charge in [0.2, 0.25) is 0 Å². The molecule has 0 amide bonds. The average molecular weight is 413 g/mol. The Morgan fingerprint density at radius 1 is 0.833 bits per heavy atom. The summed E-state index contributed by atoms with van der Waals surface area (Å²) in [4.78, 5) is 9.04. The quantitative estimate of drug-likeness (QED) is 0.552. The molecule has 4 nitrogen and oxygen atoms in total. The Labute approximate surface area is 169 Å². The number of benzene rings is 3. The maximum atomic E-state index is 13.8. The highest BCUT2D eigenvalue weighted by Gasteiger charge is 2.30. The molecule has 4 rings (SSSR count). The predicted molar refractivity (Wildman–Crippen MR) is 107 cm³/mol. The number of hydrogen-bond donors (Lipinski definition) is 1. The summed E-state index contributed by atoms with van der Waals surface area (Å²) < 4.78 is 57.6. The summed E-state index contributed by atoms with van der Waals surface area (Å²) in [6.07, 6.45) is -4.44. The summed E-state index contributed by atoms with van der Waals surface area (Å²) in [5, 5.41) is 2.99. The lowest BCUT2D eigenvalue weighted by Crippen LogP contribution is -2.15. The summed E-state index contributed by atoms with van der Waals surface area (Å²) in [5.74, 6) is 0.754. The third kappa shape index (κ3) is 4.03. The summed E-state index contributed by atoms with van der Waals surface area (Å²) in [5.41, 5.74) is 1.11. The van der Waals surface area contributed by atoms with Crippen LogP contribution in [0.15, 0.2) is 76.7 Å². The number of aliphatic imine (C=N–C) groups is 2. The van der Waals surface area contributed by atoms with Gasteiger partial charge in [-0.3, -0.25) is 0 Å². The highest BCUT2D eigenvalue weighted by atomic mass is 19.4. The maximum Gasteiger partial charge on any atom is 0.416 e. The lowest BCUT2D eigenvalue weighted by atomic mass is 10.1. The third-order valence-electron chi connectivity index (χ3n) is 4.49. The molecule has 0 radical (unpaired) electrons. The topological polar surface area (TPSA) is 46.0 Å². The maximum absolute atomic E-state index is 13.8. The zero-order chi connectivity index (χ0) is 21.3. The van der Waals surface area contributed by atoms with Crippen LogP contribution in [-0.4, -0.2) is 18.8 Å². The first-order valence-corrected chi connectivity index (χ1v) is 8.89. The van der Waals surface area contributed by atoms with Crippen molar-refractivity contribution in [2.24, 2.45) is 9.98 Å². The lowest BCUT2D eigenvalue weighted by molar-refractivity contribution is -0.137. The van der Waals surface area contributed by atoms with Crippen LogP contribution < -0.4 is 10.1 Å². The molecular formula is C22H15F4N3O. The molecule has 0 atom stereocenters. The van der Waals surface area contributed by atoms with Crippen molar-refractivity contribution >= 4 is 23.0 Å². The number of nitrogens with one attached hydrogen (secondary N) is 1. The van der Waals surface area contributed by atoms with Gasteiger partial charge in [-0.15, -0.1) is 0 Å². The van der Waals surface area contributed by atoms with Crippen LogP contribution in [0.3, 0.4) is 0 Å². The zero-order valence-electron chi connectivity index (χ0n) is 15.7. The van der Waals surface area contributed by atoms with Crippen molar-refractivity contribution in [1.82, 2.24) is 0 Å². The standard InChI is InChI=1S/C22H15F4N3O/c1-30-17-9-4-14(5-10-17)20-27-18-11-8-16(23)12-19(18)28-21(29-20)13-2-6-15(7-3-13)22(24,25)26/h2-12H,1H3,(H,27,28,29). The van der Waals surface area contributed by atoms with Crippen molar-refractivity contribution < 1.29 is 22.3 Å². The number of anilines is 1. The van der Waals surface area contributed by atoms with E-state index in [4.69, 9.17) is 4.74 Å². The van der Waals surface area contributed by atoms with E-state index < -0.39 is 17.6 Å². The largest absolute Gasteiger partial charge is 0.497 e. The van der Waals surface area contributed by atoms with Gasteiger partial charge >= 0.3 is 6.18 Å². The zero-order valence-corrected chi connectivity index (χ0v) is 15.7. The van der Waals surface area contributed by atoms with Crippen molar-refractivity contribution in [3.8, 4) is 5.75 Å². The van der Waals surface area contributed by atoms with E-state index in [-0.39, 0.29) is 5.84 Å². The third-order valence-corrected chi connectivity index (χ3v) is 4.49. The Balaban J connectivity index is 1.81. The van der Waals surface area contributed by atoms with Gasteiger partial charge in [0, 0.05) is 11.1 Å². The Kier molecular flexibility index (Phi) is 4.99. The van der Waals surface area contributed by atoms with Crippen molar-refractivity contribution in [3.63, 3.8) is 0 Å². The number of nitrogens with zero attached hydrogens (tertiary/aromatic N) is 2. The fourth-order valence-electron chi connectivity index (χ4n) is 2.93. The first-order valence-electron chi connectivity index (χ1n) is 8.89. The van der Waals surface area contributed by atoms with E-state index in [0.29, 0.717) is 34.1 Å². The van der Waals surface area contributed by atoms with E-state index in [2.05, 4.69) is 15.3 Å². The molecule has 1 heterocycles. The SMILES string of the molecule is COc1ccc(C2=Nc3ccc(F)cc3NC(c3ccc(C(F)(F)F)cc3)=N2)cc1. The summed E-state index contributed by atoms with van der Waals surface area (Å²) in [6.45, 7) is 0. The Morgan fingerprint density at radius 2 is 1.50 bits per heavy atom. The molecule has 152 valence electrons. The van der Waals surface area contributed by atoms with Gasteiger partial charge in [0.1, 0.15) is 17.4 Å². The van der Waals surface area contributed by atoms with E-state index in [1.165, 1.54) is 30.3 Å². The molecule has 0 bridgehead atoms. The Morgan fingerprint density at radius 3 is 2.13 bits per heavy atom. The molecule has 0 aromatic heterocycles. The molecule has 30 heavy (non-hydrogen) atoms. The van der Waals surface area contributed by atoms with Gasteiger partial charge in [-0.05, 0) is 54.6 Å². The molecule has 0 fully saturated rings. The number of alkyl halides is 3. The second-order valence-electron chi connectivity index (χ2n) is 6.49. The van der Waals surface area contributed by atoms with E-state index in [1.807, 2.05) is 0 Å². The van der Waals surface area contributed by atoms with Gasteiger partial charge in [0.05, 0.1) is 24.0 Å². The van der Waals surface area contributed by atoms with Crippen molar-refractivity contribution in [3.05, 3.63) is 89.2 Å². The van der Waals surface area contributed by atoms with Gasteiger partial charge in [0.15, 0.2) is 5.84 Å². The van der Waals surface area contributed by atoms with Crippen LogP contribution in [0, 0.1) is 5.82 Å². The minimum absolute atomic E-state index is 0.252. The van der Waals surface area contributed by atoms with Gasteiger partial charge < -0.3 is 10.1 Å². The normalized spacial score (nSPS) is 13.5. The molecule has 0 aliphatic carbocycles. The molecule has 1 N–H and O–H groups in total. The number of hydrogen-bond acceptors (Lipinski definition) is 4. The minimum atomic E-state index is -4.44. The average Bonchev–Trinajstić information content (AvgIpc) is 2.92. The van der Waals surface area contributed by atoms with Gasteiger partial charge in [0.25, 0.3) is 0 Å². The number of methoxy groups -OCH3 is 1. The van der Waals surface area contributed by atoms with Crippen LogP contribution in [0.25, 0.3) is 0 Å². The Bertz CT molecular complexity index is 1130. The number of fused-ring (bicyclic) bond motifs is 1. The van der Waals surface area contributed by atoms with Crippen LogP contribution in [-0.2, 0) is 6.18 Å². The minimum Gasteiger partial charge on any atom is -0.497 e. The number of ether oxygens (including phenoxy) is 1. The molecule has 0 spiro atoms. The fraction of sp³-hybridized carbons (Fsp3) is 0.0909. The van der Waals surface area contributed by atoms with Crippen LogP contribution in [0.5, 0.6) is 5.75 Å². The molecular weight excluding hydrogens is 398 g/mol. The van der Waals surface area contributed by atoms with Crippen LogP contribution in [0.4, 0.5) is 28.9 Å². The fourth-order valence-corrected chi connectivity index (χ4v) is 2.93. The van der Waals surface area contributed by atoms with E-state index in [9.17, 15) is 17.6 Å². The molecule has 8 heteroatoms. The smallest absolute Gasteiger partial charge is 0.416 e. The van der Waals surface area contributed by atoms with E-state index in [0.717, 1.165) is 12.1 Å². The highest BCUT2D eigenvalue weighted by Crippen LogP contribution is 2.32. The van der Waals surface area contributed by atoms with Crippen molar-refractivity contribution in [2.45, 2.75) is 6.18 Å². The summed E-state index contributed by atoms with van der Waals surface area (Å²) in [7, 11) is 1.55. The van der Waals surface area contributed by atoms with Gasteiger partial charge in [-0.25, -0.2) is 14.4 Å². The Hall–Kier alpha value is -3.68. The number of rotatable bonds is 3. The van der Waals surface area contributed by atoms with Crippen molar-refractivity contribution in [2.75, 3.05) is 12.4 Å². The first-order chi connectivity index (χ1) is 14.3. The van der Waals surface area contributed by atoms with Gasteiger partial charge in [-0.2, -0.15) is 13.2 Å². The van der Waals surface area contributed by atoms with Crippen LogP contribution in [0.1, 0.15) is 16.7 Å². The molecule has 0 saturated carbocycles. The van der Waals surface area contributed by atoms with Crippen LogP contribution >= 0.6 is 0 Å². The van der Waals surface area contributed by atoms with E-state index in [1.54, 1.807) is 31.4 Å². The molecule has 0 unspecified atom stereocenters.